The Hall–Kier alpha value is -1.84. The number of aromatic amines is 1. The normalized spacial score (nSPS) is 10.6. The van der Waals surface area contributed by atoms with Crippen LogP contribution in [0.4, 0.5) is 5.69 Å². The van der Waals surface area contributed by atoms with Gasteiger partial charge in [0.2, 0.25) is 0 Å². The molecule has 0 atom stereocenters. The second-order valence-electron chi connectivity index (χ2n) is 3.93. The maximum atomic E-state index is 10.8. The molecule has 16 heavy (non-hydrogen) atoms. The van der Waals surface area contributed by atoms with Crippen LogP contribution in [0.2, 0.25) is 0 Å². The molecule has 84 valence electrons. The molecular formula is C12H15N3O. The van der Waals surface area contributed by atoms with E-state index in [2.05, 4.69) is 15.3 Å². The van der Waals surface area contributed by atoms with Crippen LogP contribution in [0.15, 0.2) is 18.2 Å². The zero-order chi connectivity index (χ0) is 11.5. The Bertz CT molecular complexity index is 516. The van der Waals surface area contributed by atoms with Gasteiger partial charge in [-0.3, -0.25) is 4.79 Å². The van der Waals surface area contributed by atoms with Crippen molar-refractivity contribution in [3.8, 4) is 0 Å². The Morgan fingerprint density at radius 3 is 3.06 bits per heavy atom. The summed E-state index contributed by atoms with van der Waals surface area (Å²) in [5, 5.41) is 3.21. The molecule has 0 saturated heterocycles. The fourth-order valence-corrected chi connectivity index (χ4v) is 1.63. The van der Waals surface area contributed by atoms with Crippen molar-refractivity contribution in [2.24, 2.45) is 0 Å². The SMILES string of the molecule is CC(=O)CCNc1ccc2nc(C)[nH]c2c1. The number of aryl methyl sites for hydroxylation is 1. The van der Waals surface area contributed by atoms with Gasteiger partial charge in [0.25, 0.3) is 0 Å². The van der Waals surface area contributed by atoms with E-state index in [0.29, 0.717) is 13.0 Å². The van der Waals surface area contributed by atoms with Crippen molar-refractivity contribution >= 4 is 22.5 Å². The van der Waals surface area contributed by atoms with Crippen molar-refractivity contribution in [1.82, 2.24) is 9.97 Å². The summed E-state index contributed by atoms with van der Waals surface area (Å²) in [5.41, 5.74) is 3.00. The average molecular weight is 217 g/mol. The van der Waals surface area contributed by atoms with Crippen LogP contribution in [0.5, 0.6) is 0 Å². The minimum atomic E-state index is 0.200. The molecule has 4 nitrogen and oxygen atoms in total. The molecule has 0 aliphatic rings. The molecule has 0 radical (unpaired) electrons. The summed E-state index contributed by atoms with van der Waals surface area (Å²) in [4.78, 5) is 18.3. The molecule has 2 N–H and O–H groups in total. The van der Waals surface area contributed by atoms with Crippen molar-refractivity contribution in [3.63, 3.8) is 0 Å². The number of rotatable bonds is 4. The van der Waals surface area contributed by atoms with Gasteiger partial charge in [-0.15, -0.1) is 0 Å². The number of carbonyl (C=O) groups is 1. The van der Waals surface area contributed by atoms with Crippen LogP contribution in [0.1, 0.15) is 19.2 Å². The predicted octanol–water partition coefficient (Wildman–Crippen LogP) is 2.26. The topological polar surface area (TPSA) is 57.8 Å². The largest absolute Gasteiger partial charge is 0.385 e. The molecule has 0 saturated carbocycles. The molecule has 0 amide bonds. The van der Waals surface area contributed by atoms with E-state index >= 15 is 0 Å². The summed E-state index contributed by atoms with van der Waals surface area (Å²) < 4.78 is 0. The molecule has 2 aromatic rings. The summed E-state index contributed by atoms with van der Waals surface area (Å²) in [6, 6.07) is 5.95. The van der Waals surface area contributed by atoms with Gasteiger partial charge < -0.3 is 10.3 Å². The molecule has 0 aliphatic carbocycles. The maximum Gasteiger partial charge on any atom is 0.131 e. The first-order valence-electron chi connectivity index (χ1n) is 5.35. The predicted molar refractivity (Wildman–Crippen MR) is 64.6 cm³/mol. The first kappa shape index (κ1) is 10.7. The minimum Gasteiger partial charge on any atom is -0.385 e. The smallest absolute Gasteiger partial charge is 0.131 e. The molecule has 0 spiro atoms. The van der Waals surface area contributed by atoms with Gasteiger partial charge in [-0.05, 0) is 32.0 Å². The fourth-order valence-electron chi connectivity index (χ4n) is 1.63. The molecule has 1 heterocycles. The summed E-state index contributed by atoms with van der Waals surface area (Å²) in [6.07, 6.45) is 0.556. The van der Waals surface area contributed by atoms with Crippen molar-refractivity contribution in [2.75, 3.05) is 11.9 Å². The highest BCUT2D eigenvalue weighted by Crippen LogP contribution is 2.16. The van der Waals surface area contributed by atoms with Crippen LogP contribution in [0, 0.1) is 6.92 Å². The summed E-state index contributed by atoms with van der Waals surface area (Å²) in [7, 11) is 0. The lowest BCUT2D eigenvalue weighted by Gasteiger charge is -2.04. The van der Waals surface area contributed by atoms with Crippen molar-refractivity contribution in [2.45, 2.75) is 20.3 Å². The van der Waals surface area contributed by atoms with E-state index in [1.807, 2.05) is 25.1 Å². The molecule has 1 aromatic heterocycles. The third-order valence-corrected chi connectivity index (χ3v) is 2.41. The van der Waals surface area contributed by atoms with Gasteiger partial charge in [-0.25, -0.2) is 4.98 Å². The zero-order valence-electron chi connectivity index (χ0n) is 9.50. The molecule has 4 heteroatoms. The van der Waals surface area contributed by atoms with Gasteiger partial charge in [0.1, 0.15) is 11.6 Å². The standard InChI is InChI=1S/C12H15N3O/c1-8(16)5-6-13-10-3-4-11-12(7-10)15-9(2)14-11/h3-4,7,13H,5-6H2,1-2H3,(H,14,15). The number of aromatic nitrogens is 2. The zero-order valence-corrected chi connectivity index (χ0v) is 9.50. The second kappa shape index (κ2) is 4.35. The fraction of sp³-hybridized carbons (Fsp3) is 0.333. The van der Waals surface area contributed by atoms with E-state index < -0.39 is 0 Å². The number of Topliss-reactive ketones (excluding diaryl/α,β-unsaturated/α-hetero) is 1. The van der Waals surface area contributed by atoms with Crippen LogP contribution in [-0.4, -0.2) is 22.3 Å². The monoisotopic (exact) mass is 217 g/mol. The van der Waals surface area contributed by atoms with Crippen LogP contribution in [0.3, 0.4) is 0 Å². The number of anilines is 1. The highest BCUT2D eigenvalue weighted by molar-refractivity contribution is 5.79. The number of ketones is 1. The number of nitrogens with zero attached hydrogens (tertiary/aromatic N) is 1. The Morgan fingerprint density at radius 2 is 2.31 bits per heavy atom. The summed E-state index contributed by atoms with van der Waals surface area (Å²) in [5.74, 6) is 1.11. The van der Waals surface area contributed by atoms with Crippen molar-refractivity contribution < 1.29 is 4.79 Å². The summed E-state index contributed by atoms with van der Waals surface area (Å²) >= 11 is 0. The maximum absolute atomic E-state index is 10.8. The number of H-pyrrole nitrogens is 1. The number of hydrogen-bond acceptors (Lipinski definition) is 3. The van der Waals surface area contributed by atoms with E-state index in [4.69, 9.17) is 0 Å². The summed E-state index contributed by atoms with van der Waals surface area (Å²) in [6.45, 7) is 4.21. The molecule has 0 unspecified atom stereocenters. The van der Waals surface area contributed by atoms with E-state index in [9.17, 15) is 4.79 Å². The van der Waals surface area contributed by atoms with Gasteiger partial charge >= 0.3 is 0 Å². The van der Waals surface area contributed by atoms with Gasteiger partial charge in [-0.1, -0.05) is 0 Å². The Balaban J connectivity index is 2.10. The lowest BCUT2D eigenvalue weighted by atomic mass is 10.2. The lowest BCUT2D eigenvalue weighted by molar-refractivity contribution is -0.116. The Kier molecular flexibility index (Phi) is 2.90. The molecule has 1 aromatic carbocycles. The van der Waals surface area contributed by atoms with Crippen LogP contribution < -0.4 is 5.32 Å². The van der Waals surface area contributed by atoms with Crippen LogP contribution in [0.25, 0.3) is 11.0 Å². The van der Waals surface area contributed by atoms with E-state index in [1.165, 1.54) is 0 Å². The van der Waals surface area contributed by atoms with Gasteiger partial charge in [0.15, 0.2) is 0 Å². The Morgan fingerprint density at radius 1 is 1.50 bits per heavy atom. The van der Waals surface area contributed by atoms with Crippen molar-refractivity contribution in [1.29, 1.82) is 0 Å². The van der Waals surface area contributed by atoms with Gasteiger partial charge in [0, 0.05) is 18.7 Å². The highest BCUT2D eigenvalue weighted by atomic mass is 16.1. The number of benzene rings is 1. The Labute approximate surface area is 94.1 Å². The molecule has 0 fully saturated rings. The quantitative estimate of drug-likeness (QED) is 0.825. The number of fused-ring (bicyclic) bond motifs is 1. The highest BCUT2D eigenvalue weighted by Gasteiger charge is 2.00. The van der Waals surface area contributed by atoms with Gasteiger partial charge in [0.05, 0.1) is 11.0 Å². The van der Waals surface area contributed by atoms with E-state index in [-0.39, 0.29) is 5.78 Å². The van der Waals surface area contributed by atoms with Crippen LogP contribution >= 0.6 is 0 Å². The average Bonchev–Trinajstić information content (AvgIpc) is 2.56. The van der Waals surface area contributed by atoms with Gasteiger partial charge in [-0.2, -0.15) is 0 Å². The molecule has 0 aliphatic heterocycles. The van der Waals surface area contributed by atoms with Crippen LogP contribution in [-0.2, 0) is 4.79 Å². The molecular weight excluding hydrogens is 202 g/mol. The number of hydrogen-bond donors (Lipinski definition) is 2. The van der Waals surface area contributed by atoms with E-state index in [0.717, 1.165) is 22.5 Å². The third kappa shape index (κ3) is 2.39. The number of nitrogens with one attached hydrogen (secondary N) is 2. The minimum absolute atomic E-state index is 0.200. The first-order chi connectivity index (χ1) is 7.65. The van der Waals surface area contributed by atoms with E-state index in [1.54, 1.807) is 6.92 Å². The lowest BCUT2D eigenvalue weighted by Crippen LogP contribution is -2.05. The number of imidazole rings is 1. The molecule has 2 rings (SSSR count). The first-order valence-corrected chi connectivity index (χ1v) is 5.35. The molecule has 0 bridgehead atoms. The second-order valence-corrected chi connectivity index (χ2v) is 3.93. The number of carbonyl (C=O) groups excluding carboxylic acids is 1. The van der Waals surface area contributed by atoms with Crippen molar-refractivity contribution in [3.05, 3.63) is 24.0 Å². The third-order valence-electron chi connectivity index (χ3n) is 2.41.